The molecule has 0 aliphatic rings. The van der Waals surface area contributed by atoms with E-state index in [4.69, 9.17) is 19.6 Å². The first kappa shape index (κ1) is 45.8. The molecule has 0 aromatic heterocycles. The minimum Gasteiger partial charge on any atom is -0.302 e. The zero-order valence-corrected chi connectivity index (χ0v) is 32.1. The summed E-state index contributed by atoms with van der Waals surface area (Å²) in [5, 5.41) is 0. The molecule has 0 fully saturated rings. The Labute approximate surface area is 289 Å². The molecule has 0 heterocycles. The summed E-state index contributed by atoms with van der Waals surface area (Å²) in [6.45, 7) is 10.7. The lowest BCUT2D eigenvalue weighted by Gasteiger charge is -2.18. The second kappa shape index (κ2) is 41.0. The summed E-state index contributed by atoms with van der Waals surface area (Å²) in [7, 11) is 2.08. The van der Waals surface area contributed by atoms with Gasteiger partial charge >= 0.3 is 0 Å². The Bertz CT molecular complexity index is 503. The number of likely N-dealkylation sites (N-methyl/N-ethyl adjacent to an activating group) is 1. The summed E-state index contributed by atoms with van der Waals surface area (Å²) in [5.41, 5.74) is 0. The molecule has 0 saturated carbocycles. The third kappa shape index (κ3) is 38.2. The van der Waals surface area contributed by atoms with Crippen LogP contribution in [-0.4, -0.2) is 51.5 Å². The van der Waals surface area contributed by atoms with Crippen molar-refractivity contribution in [2.45, 2.75) is 213 Å². The van der Waals surface area contributed by atoms with Crippen molar-refractivity contribution >= 4 is 0 Å². The molecule has 0 aromatic carbocycles. The van der Waals surface area contributed by atoms with Gasteiger partial charge in [-0.05, 0) is 32.7 Å². The lowest BCUT2D eigenvalue weighted by atomic mass is 9.94. The molecule has 5 nitrogen and oxygen atoms in total. The SMILES string of the molecule is CCCCCCCCCCCCCCCCC(CCCCCCCCCCCCCCCC)COOCCN(C)CCOOCC. The fourth-order valence-corrected chi connectivity index (χ4v) is 6.41. The van der Waals surface area contributed by atoms with Gasteiger partial charge in [0.2, 0.25) is 0 Å². The third-order valence-corrected chi connectivity index (χ3v) is 9.63. The summed E-state index contributed by atoms with van der Waals surface area (Å²) in [6, 6.07) is 0. The van der Waals surface area contributed by atoms with Crippen LogP contribution in [0, 0.1) is 5.92 Å². The highest BCUT2D eigenvalue weighted by Gasteiger charge is 2.10. The van der Waals surface area contributed by atoms with Crippen molar-refractivity contribution in [1.29, 1.82) is 0 Å². The lowest BCUT2D eigenvalue weighted by Crippen LogP contribution is -2.27. The average Bonchev–Trinajstić information content (AvgIpc) is 3.06. The van der Waals surface area contributed by atoms with Crippen molar-refractivity contribution in [3.63, 3.8) is 0 Å². The van der Waals surface area contributed by atoms with Crippen LogP contribution in [0.4, 0.5) is 0 Å². The molecule has 0 spiro atoms. The summed E-state index contributed by atoms with van der Waals surface area (Å²) >= 11 is 0. The predicted octanol–water partition coefficient (Wildman–Crippen LogP) is 13.2. The molecule has 0 atom stereocenters. The van der Waals surface area contributed by atoms with Crippen molar-refractivity contribution in [3.05, 3.63) is 0 Å². The number of hydrogen-bond donors (Lipinski definition) is 0. The first-order valence-corrected chi connectivity index (χ1v) is 20.9. The van der Waals surface area contributed by atoms with E-state index in [9.17, 15) is 0 Å². The Hall–Kier alpha value is -0.200. The van der Waals surface area contributed by atoms with E-state index < -0.39 is 0 Å². The van der Waals surface area contributed by atoms with Gasteiger partial charge in [-0.3, -0.25) is 0 Å². The molecule has 278 valence electrons. The monoisotopic (exact) mass is 656 g/mol. The minimum atomic E-state index is 0.575. The van der Waals surface area contributed by atoms with Crippen LogP contribution in [0.2, 0.25) is 0 Å². The maximum atomic E-state index is 5.75. The smallest absolute Gasteiger partial charge is 0.0949 e. The van der Waals surface area contributed by atoms with E-state index in [0.717, 1.165) is 19.7 Å². The van der Waals surface area contributed by atoms with Crippen LogP contribution >= 0.6 is 0 Å². The van der Waals surface area contributed by atoms with E-state index in [1.165, 1.54) is 193 Å². The molecule has 0 amide bonds. The van der Waals surface area contributed by atoms with Gasteiger partial charge in [0.1, 0.15) is 0 Å². The van der Waals surface area contributed by atoms with Gasteiger partial charge in [0.25, 0.3) is 0 Å². The normalized spacial score (nSPS) is 11.9. The van der Waals surface area contributed by atoms with Gasteiger partial charge in [-0.25, -0.2) is 19.6 Å². The Morgan fingerprint density at radius 3 is 1.00 bits per heavy atom. The van der Waals surface area contributed by atoms with Gasteiger partial charge in [0, 0.05) is 13.1 Å². The van der Waals surface area contributed by atoms with Crippen molar-refractivity contribution in [2.75, 3.05) is 46.6 Å². The van der Waals surface area contributed by atoms with Crippen LogP contribution in [0.3, 0.4) is 0 Å². The topological polar surface area (TPSA) is 40.2 Å². The highest BCUT2D eigenvalue weighted by atomic mass is 17.2. The number of hydrogen-bond acceptors (Lipinski definition) is 5. The average molecular weight is 656 g/mol. The molecule has 0 aliphatic carbocycles. The second-order valence-electron chi connectivity index (χ2n) is 14.3. The molecule has 0 N–H and O–H groups in total. The predicted molar refractivity (Wildman–Crippen MR) is 200 cm³/mol. The van der Waals surface area contributed by atoms with E-state index in [-0.39, 0.29) is 0 Å². The molecule has 0 rings (SSSR count). The van der Waals surface area contributed by atoms with Crippen molar-refractivity contribution in [1.82, 2.24) is 4.90 Å². The molecule has 5 heteroatoms. The highest BCUT2D eigenvalue weighted by molar-refractivity contribution is 4.61. The van der Waals surface area contributed by atoms with Crippen LogP contribution in [0.25, 0.3) is 0 Å². The van der Waals surface area contributed by atoms with Crippen molar-refractivity contribution in [3.8, 4) is 0 Å². The second-order valence-corrected chi connectivity index (χ2v) is 14.3. The van der Waals surface area contributed by atoms with Gasteiger partial charge in [-0.1, -0.05) is 194 Å². The fourth-order valence-electron chi connectivity index (χ4n) is 6.41. The third-order valence-electron chi connectivity index (χ3n) is 9.63. The quantitative estimate of drug-likeness (QED) is 0.0372. The Kier molecular flexibility index (Phi) is 40.8. The van der Waals surface area contributed by atoms with E-state index in [0.29, 0.717) is 25.7 Å². The van der Waals surface area contributed by atoms with E-state index in [2.05, 4.69) is 25.8 Å². The van der Waals surface area contributed by atoms with Crippen molar-refractivity contribution < 1.29 is 19.6 Å². The van der Waals surface area contributed by atoms with Crippen LogP contribution in [-0.2, 0) is 19.6 Å². The van der Waals surface area contributed by atoms with Gasteiger partial charge in [0.05, 0.1) is 26.4 Å². The van der Waals surface area contributed by atoms with Crippen LogP contribution in [0.15, 0.2) is 0 Å². The Balaban J connectivity index is 3.97. The van der Waals surface area contributed by atoms with Gasteiger partial charge in [-0.2, -0.15) is 0 Å². The fraction of sp³-hybridized carbons (Fsp3) is 1.00. The molecule has 0 unspecified atom stereocenters. The molecule has 0 radical (unpaired) electrons. The molecule has 0 saturated heterocycles. The minimum absolute atomic E-state index is 0.575. The van der Waals surface area contributed by atoms with Gasteiger partial charge < -0.3 is 4.90 Å². The van der Waals surface area contributed by atoms with E-state index in [1.54, 1.807) is 0 Å². The van der Waals surface area contributed by atoms with Crippen LogP contribution in [0.5, 0.6) is 0 Å². The maximum Gasteiger partial charge on any atom is 0.0949 e. The summed E-state index contributed by atoms with van der Waals surface area (Å²) in [4.78, 5) is 23.6. The first-order chi connectivity index (χ1) is 22.7. The number of unbranched alkanes of at least 4 members (excludes halogenated alkanes) is 26. The Morgan fingerprint density at radius 2 is 0.674 bits per heavy atom. The molecule has 0 aromatic rings. The zero-order valence-electron chi connectivity index (χ0n) is 32.1. The number of nitrogens with zero attached hydrogens (tertiary/aromatic N) is 1. The highest BCUT2D eigenvalue weighted by Crippen LogP contribution is 2.21. The lowest BCUT2D eigenvalue weighted by molar-refractivity contribution is -0.304. The zero-order chi connectivity index (χ0) is 33.4. The van der Waals surface area contributed by atoms with Gasteiger partial charge in [0.15, 0.2) is 0 Å². The van der Waals surface area contributed by atoms with E-state index in [1.807, 2.05) is 6.92 Å². The Morgan fingerprint density at radius 1 is 0.370 bits per heavy atom. The summed E-state index contributed by atoms with van der Waals surface area (Å²) in [6.07, 6.45) is 42.4. The molecule has 0 bridgehead atoms. The van der Waals surface area contributed by atoms with Crippen molar-refractivity contribution in [2.24, 2.45) is 5.92 Å². The van der Waals surface area contributed by atoms with Gasteiger partial charge in [-0.15, -0.1) is 0 Å². The molecular formula is C41H85NO4. The maximum absolute atomic E-state index is 5.75. The number of rotatable bonds is 41. The molecule has 46 heavy (non-hydrogen) atoms. The first-order valence-electron chi connectivity index (χ1n) is 20.9. The summed E-state index contributed by atoms with van der Waals surface area (Å²) in [5.74, 6) is 0.631. The summed E-state index contributed by atoms with van der Waals surface area (Å²) < 4.78 is 0. The van der Waals surface area contributed by atoms with Crippen LogP contribution in [0.1, 0.15) is 213 Å². The molecular weight excluding hydrogens is 570 g/mol. The largest absolute Gasteiger partial charge is 0.302 e. The van der Waals surface area contributed by atoms with Crippen LogP contribution < -0.4 is 0 Å². The standard InChI is InChI=1S/C41H85NO4/c1-5-8-10-12-14-16-18-20-22-24-26-28-30-32-34-41(40-46-45-39-37-42(4)36-38-44-43-7-3)35-33-31-29-27-25-23-21-19-17-15-13-11-9-6-2/h41H,5-40H2,1-4H3. The van der Waals surface area contributed by atoms with E-state index >= 15 is 0 Å². The molecule has 0 aliphatic heterocycles.